The van der Waals surface area contributed by atoms with Crippen molar-refractivity contribution in [3.05, 3.63) is 69.5 Å². The lowest BCUT2D eigenvalue weighted by molar-refractivity contribution is 0.00560. The molecule has 2 aromatic carbocycles. The van der Waals surface area contributed by atoms with E-state index in [1.165, 1.54) is 7.11 Å². The Bertz CT molecular complexity index is 1550. The largest absolute Gasteiger partial charge is 0.486 e. The van der Waals surface area contributed by atoms with Gasteiger partial charge in [0, 0.05) is 38.8 Å². The smallest absolute Gasteiger partial charge is 0.410 e. The van der Waals surface area contributed by atoms with Crippen molar-refractivity contribution in [1.29, 1.82) is 0 Å². The van der Waals surface area contributed by atoms with E-state index in [0.29, 0.717) is 44.3 Å². The highest BCUT2D eigenvalue weighted by Gasteiger charge is 2.32. The Hall–Kier alpha value is -4.05. The molecule has 0 radical (unpaired) electrons. The fraction of sp³-hybridized carbons (Fsp3) is 0.485. The van der Waals surface area contributed by atoms with E-state index in [1.54, 1.807) is 10.6 Å². The van der Waals surface area contributed by atoms with E-state index in [1.807, 2.05) is 69.0 Å². The molecule has 0 saturated carbocycles. The minimum Gasteiger partial charge on any atom is -0.486 e. The number of ether oxygens (including phenoxy) is 4. The topological polar surface area (TPSA) is 99.5 Å². The first-order valence-electron chi connectivity index (χ1n) is 14.9. The van der Waals surface area contributed by atoms with Crippen LogP contribution in [-0.2, 0) is 22.6 Å². The SMILES string of the molecule is COC(=O)c1cc2ccc(C)cc2n(CCN2CCC(N(Cc3ccc4c(c3)OCCO4)C(=O)OC(C)(C)C)CC2)c1=O. The van der Waals surface area contributed by atoms with E-state index in [9.17, 15) is 14.4 Å². The molecule has 3 heterocycles. The molecule has 2 aliphatic rings. The maximum Gasteiger partial charge on any atom is 0.410 e. The summed E-state index contributed by atoms with van der Waals surface area (Å²) in [6.45, 7) is 11.6. The van der Waals surface area contributed by atoms with Gasteiger partial charge in [0.25, 0.3) is 5.56 Å². The predicted octanol–water partition coefficient (Wildman–Crippen LogP) is 4.77. The van der Waals surface area contributed by atoms with Gasteiger partial charge in [-0.15, -0.1) is 0 Å². The van der Waals surface area contributed by atoms with Gasteiger partial charge in [-0.05, 0) is 81.3 Å². The molecule has 0 bridgehead atoms. The molecular weight excluding hydrogens is 550 g/mol. The molecule has 1 amide bonds. The van der Waals surface area contributed by atoms with Crippen LogP contribution >= 0.6 is 0 Å². The number of nitrogens with zero attached hydrogens (tertiary/aromatic N) is 3. The van der Waals surface area contributed by atoms with Crippen LogP contribution in [0.3, 0.4) is 0 Å². The standard InChI is InChI=1S/C33H41N3O7/c1-22-6-8-24-20-26(31(38)40-5)30(37)35(27(24)18-22)15-14-34-12-10-25(11-13-34)36(32(39)43-33(2,3)4)21-23-7-9-28-29(19-23)42-17-16-41-28/h6-9,18-20,25H,10-17,21H2,1-5H3. The molecule has 2 aliphatic heterocycles. The Morgan fingerprint density at radius 3 is 2.40 bits per heavy atom. The number of carbonyl (C=O) groups excluding carboxylic acids is 2. The number of benzene rings is 2. The number of likely N-dealkylation sites (tertiary alicyclic amines) is 1. The van der Waals surface area contributed by atoms with Gasteiger partial charge in [-0.3, -0.25) is 4.79 Å². The number of pyridine rings is 1. The number of carbonyl (C=O) groups is 2. The second-order valence-corrected chi connectivity index (χ2v) is 12.2. The highest BCUT2D eigenvalue weighted by molar-refractivity contribution is 5.93. The number of aromatic nitrogens is 1. The van der Waals surface area contributed by atoms with Gasteiger partial charge in [0.2, 0.25) is 0 Å². The second kappa shape index (κ2) is 12.7. The fourth-order valence-corrected chi connectivity index (χ4v) is 5.70. The van der Waals surface area contributed by atoms with Crippen LogP contribution in [0.2, 0.25) is 0 Å². The fourth-order valence-electron chi connectivity index (χ4n) is 5.70. The van der Waals surface area contributed by atoms with E-state index in [2.05, 4.69) is 4.90 Å². The molecule has 0 aliphatic carbocycles. The van der Waals surface area contributed by atoms with Crippen LogP contribution in [0.5, 0.6) is 11.5 Å². The van der Waals surface area contributed by atoms with Crippen LogP contribution in [0.4, 0.5) is 4.79 Å². The Morgan fingerprint density at radius 2 is 1.70 bits per heavy atom. The zero-order valence-corrected chi connectivity index (χ0v) is 25.7. The number of aryl methyl sites for hydroxylation is 1. The van der Waals surface area contributed by atoms with Gasteiger partial charge in [0.05, 0.1) is 12.6 Å². The average Bonchev–Trinajstić information content (AvgIpc) is 2.98. The summed E-state index contributed by atoms with van der Waals surface area (Å²) in [4.78, 5) is 43.2. The molecule has 0 unspecified atom stereocenters. The van der Waals surface area contributed by atoms with Gasteiger partial charge >= 0.3 is 12.1 Å². The highest BCUT2D eigenvalue weighted by atomic mass is 16.6. The number of methoxy groups -OCH3 is 1. The third-order valence-electron chi connectivity index (χ3n) is 7.88. The molecule has 0 spiro atoms. The van der Waals surface area contributed by atoms with Crippen molar-refractivity contribution >= 4 is 23.0 Å². The van der Waals surface area contributed by atoms with Crippen molar-refractivity contribution in [1.82, 2.24) is 14.4 Å². The van der Waals surface area contributed by atoms with Gasteiger partial charge in [-0.2, -0.15) is 0 Å². The summed E-state index contributed by atoms with van der Waals surface area (Å²) in [5, 5.41) is 0.816. The number of amides is 1. The molecule has 0 atom stereocenters. The number of esters is 1. The molecule has 10 nitrogen and oxygen atoms in total. The molecule has 10 heteroatoms. The molecule has 5 rings (SSSR count). The van der Waals surface area contributed by atoms with Crippen LogP contribution in [-0.4, -0.2) is 78.0 Å². The zero-order valence-electron chi connectivity index (χ0n) is 25.7. The normalized spacial score (nSPS) is 15.7. The molecule has 1 saturated heterocycles. The van der Waals surface area contributed by atoms with Crippen molar-refractivity contribution in [2.24, 2.45) is 0 Å². The zero-order chi connectivity index (χ0) is 30.7. The average molecular weight is 592 g/mol. The maximum atomic E-state index is 13.4. The molecule has 0 N–H and O–H groups in total. The van der Waals surface area contributed by atoms with Gasteiger partial charge in [-0.1, -0.05) is 18.2 Å². The minimum absolute atomic E-state index is 0.00634. The lowest BCUT2D eigenvalue weighted by Gasteiger charge is -2.39. The lowest BCUT2D eigenvalue weighted by atomic mass is 10.0. The van der Waals surface area contributed by atoms with Crippen molar-refractivity contribution in [2.75, 3.05) is 40.0 Å². The third kappa shape index (κ3) is 7.13. The van der Waals surface area contributed by atoms with Gasteiger partial charge in [0.15, 0.2) is 11.5 Å². The number of hydrogen-bond acceptors (Lipinski definition) is 8. The third-order valence-corrected chi connectivity index (χ3v) is 7.88. The van der Waals surface area contributed by atoms with E-state index >= 15 is 0 Å². The second-order valence-electron chi connectivity index (χ2n) is 12.2. The number of rotatable bonds is 7. The Morgan fingerprint density at radius 1 is 0.977 bits per heavy atom. The highest BCUT2D eigenvalue weighted by Crippen LogP contribution is 2.32. The summed E-state index contributed by atoms with van der Waals surface area (Å²) in [7, 11) is 1.28. The first-order valence-corrected chi connectivity index (χ1v) is 14.9. The summed E-state index contributed by atoms with van der Waals surface area (Å²) in [5.74, 6) is 0.769. The lowest BCUT2D eigenvalue weighted by Crippen LogP contribution is -2.49. The van der Waals surface area contributed by atoms with Crippen LogP contribution in [0.15, 0.2) is 47.3 Å². The maximum absolute atomic E-state index is 13.4. The molecule has 1 fully saturated rings. The van der Waals surface area contributed by atoms with Crippen molar-refractivity contribution in [2.45, 2.75) is 65.3 Å². The summed E-state index contributed by atoms with van der Waals surface area (Å²) in [6.07, 6.45) is 1.19. The Balaban J connectivity index is 1.29. The summed E-state index contributed by atoms with van der Waals surface area (Å²) in [5.41, 5.74) is 1.84. The molecule has 230 valence electrons. The van der Waals surface area contributed by atoms with Gasteiger partial charge < -0.3 is 33.3 Å². The number of hydrogen-bond donors (Lipinski definition) is 0. The number of piperidine rings is 1. The predicted molar refractivity (Wildman–Crippen MR) is 163 cm³/mol. The van der Waals surface area contributed by atoms with E-state index in [0.717, 1.165) is 48.0 Å². The molecule has 43 heavy (non-hydrogen) atoms. The quantitative estimate of drug-likeness (QED) is 0.363. The Labute approximate surface area is 252 Å². The minimum atomic E-state index is -0.637. The summed E-state index contributed by atoms with van der Waals surface area (Å²) >= 11 is 0. The summed E-state index contributed by atoms with van der Waals surface area (Å²) in [6, 6.07) is 13.3. The monoisotopic (exact) mass is 591 g/mol. The van der Waals surface area contributed by atoms with Crippen LogP contribution in [0, 0.1) is 6.92 Å². The summed E-state index contributed by atoms with van der Waals surface area (Å²) < 4.78 is 23.8. The molecule has 3 aromatic rings. The van der Waals surface area contributed by atoms with Crippen LogP contribution in [0.1, 0.15) is 55.1 Å². The van der Waals surface area contributed by atoms with E-state index < -0.39 is 11.6 Å². The molecular formula is C33H41N3O7. The van der Waals surface area contributed by atoms with Crippen molar-refractivity contribution in [3.8, 4) is 11.5 Å². The van der Waals surface area contributed by atoms with Crippen LogP contribution in [0.25, 0.3) is 10.9 Å². The van der Waals surface area contributed by atoms with Gasteiger partial charge in [0.1, 0.15) is 24.4 Å². The van der Waals surface area contributed by atoms with Gasteiger partial charge in [-0.25, -0.2) is 9.59 Å². The van der Waals surface area contributed by atoms with E-state index in [4.69, 9.17) is 18.9 Å². The molecule has 1 aromatic heterocycles. The van der Waals surface area contributed by atoms with Crippen LogP contribution < -0.4 is 15.0 Å². The first kappa shape index (κ1) is 30.4. The van der Waals surface area contributed by atoms with E-state index in [-0.39, 0.29) is 23.3 Å². The van der Waals surface area contributed by atoms with Crippen molar-refractivity contribution in [3.63, 3.8) is 0 Å². The number of fused-ring (bicyclic) bond motifs is 2. The Kier molecular flexibility index (Phi) is 8.96. The first-order chi connectivity index (χ1) is 20.5. The van der Waals surface area contributed by atoms with Crippen molar-refractivity contribution < 1.29 is 28.5 Å².